The van der Waals surface area contributed by atoms with E-state index in [0.29, 0.717) is 6.42 Å². The smallest absolute Gasteiger partial charge is 0.394 e. The molecule has 0 aromatic rings. The Hall–Kier alpha value is -0.270. The molecule has 56 heavy (non-hydrogen) atoms. The van der Waals surface area contributed by atoms with Crippen molar-refractivity contribution >= 4 is 7.82 Å². The summed E-state index contributed by atoms with van der Waals surface area (Å²) in [5.74, 6) is 0. The van der Waals surface area contributed by atoms with E-state index in [1.807, 2.05) is 0 Å². The van der Waals surface area contributed by atoms with Crippen molar-refractivity contribution in [2.75, 3.05) is 47.5 Å². The molecule has 0 fully saturated rings. The molecule has 0 saturated carbocycles. The van der Waals surface area contributed by atoms with Gasteiger partial charge in [-0.3, -0.25) is 9.05 Å². The molecule has 0 aromatic heterocycles. The Balaban J connectivity index is 4.43. The third kappa shape index (κ3) is 43.3. The fourth-order valence-electron chi connectivity index (χ4n) is 7.47. The third-order valence-corrected chi connectivity index (χ3v) is 12.2. The van der Waals surface area contributed by atoms with Crippen LogP contribution in [0.3, 0.4) is 0 Å². The lowest BCUT2D eigenvalue weighted by Crippen LogP contribution is -2.35. The molecule has 0 saturated heterocycles. The highest BCUT2D eigenvalue weighted by Crippen LogP contribution is 2.44. The first kappa shape index (κ1) is 55.7. The van der Waals surface area contributed by atoms with Crippen LogP contribution < -0.4 is 0 Å². The average Bonchev–Trinajstić information content (AvgIpc) is 3.16. The number of nitrogens with zero attached hydrogens (tertiary/aromatic N) is 1. The molecule has 0 aliphatic heterocycles. The Morgan fingerprint density at radius 2 is 0.893 bits per heavy atom. The maximum atomic E-state index is 12.7. The SMILES string of the molecule is CCCCCCCC/C=C\CCCCCCC(CCCCCCCCCCCCCCCCCCC)OC[C@H](CO)OP(=O)(O)OCCCCCC[N+](C)(C)C. The lowest BCUT2D eigenvalue weighted by Gasteiger charge is -2.24. The summed E-state index contributed by atoms with van der Waals surface area (Å²) in [5.41, 5.74) is 0. The molecule has 0 aliphatic carbocycles. The first-order chi connectivity index (χ1) is 27.1. The van der Waals surface area contributed by atoms with E-state index >= 15 is 0 Å². The average molecular weight is 817 g/mol. The van der Waals surface area contributed by atoms with Crippen LogP contribution in [-0.4, -0.2) is 74.2 Å². The van der Waals surface area contributed by atoms with Gasteiger partial charge in [-0.15, -0.1) is 0 Å². The lowest BCUT2D eigenvalue weighted by molar-refractivity contribution is -0.870. The van der Waals surface area contributed by atoms with E-state index in [1.54, 1.807) is 0 Å². The van der Waals surface area contributed by atoms with Gasteiger partial charge in [0, 0.05) is 0 Å². The lowest BCUT2D eigenvalue weighted by atomic mass is 10.0. The number of phosphoric acid groups is 1. The summed E-state index contributed by atoms with van der Waals surface area (Å²) in [6, 6.07) is 0. The molecule has 2 unspecified atom stereocenters. The fraction of sp³-hybridized carbons (Fsp3) is 0.958. The molecule has 336 valence electrons. The molecule has 7 nitrogen and oxygen atoms in total. The molecule has 0 rings (SSSR count). The van der Waals surface area contributed by atoms with Gasteiger partial charge in [0.1, 0.15) is 6.10 Å². The van der Waals surface area contributed by atoms with Gasteiger partial charge in [-0.1, -0.05) is 193 Å². The normalized spacial score (nSPS) is 14.5. The number of phosphoric ester groups is 1. The van der Waals surface area contributed by atoms with E-state index in [2.05, 4.69) is 47.1 Å². The minimum Gasteiger partial charge on any atom is -0.394 e. The second-order valence-electron chi connectivity index (χ2n) is 18.1. The van der Waals surface area contributed by atoms with Gasteiger partial charge in [0.05, 0.1) is 53.6 Å². The number of aliphatic hydroxyl groups is 1. The molecule has 0 aromatic carbocycles. The number of rotatable bonds is 46. The largest absolute Gasteiger partial charge is 0.472 e. The van der Waals surface area contributed by atoms with Crippen LogP contribution in [0.15, 0.2) is 12.2 Å². The summed E-state index contributed by atoms with van der Waals surface area (Å²) in [4.78, 5) is 10.3. The molecule has 0 aliphatic rings. The Labute approximate surface area is 350 Å². The first-order valence-corrected chi connectivity index (χ1v) is 26.0. The van der Waals surface area contributed by atoms with Crippen molar-refractivity contribution in [3.63, 3.8) is 0 Å². The zero-order chi connectivity index (χ0) is 41.3. The summed E-state index contributed by atoms with van der Waals surface area (Å²) < 4.78 is 30.5. The topological polar surface area (TPSA) is 85.2 Å². The van der Waals surface area contributed by atoms with Crippen LogP contribution >= 0.6 is 7.82 Å². The number of hydrogen-bond donors (Lipinski definition) is 2. The van der Waals surface area contributed by atoms with Gasteiger partial charge < -0.3 is 19.2 Å². The van der Waals surface area contributed by atoms with Crippen molar-refractivity contribution in [2.24, 2.45) is 0 Å². The zero-order valence-electron chi connectivity index (χ0n) is 38.3. The highest BCUT2D eigenvalue weighted by Gasteiger charge is 2.27. The van der Waals surface area contributed by atoms with E-state index in [-0.39, 0.29) is 25.9 Å². The summed E-state index contributed by atoms with van der Waals surface area (Å²) in [6.07, 6.45) is 48.3. The number of hydrogen-bond acceptors (Lipinski definition) is 5. The number of allylic oxidation sites excluding steroid dienone is 2. The summed E-state index contributed by atoms with van der Waals surface area (Å²) >= 11 is 0. The van der Waals surface area contributed by atoms with Crippen LogP contribution in [0.4, 0.5) is 0 Å². The minimum absolute atomic E-state index is 0.0759. The van der Waals surface area contributed by atoms with Crippen LogP contribution in [0.2, 0.25) is 0 Å². The van der Waals surface area contributed by atoms with Crippen molar-refractivity contribution in [3.8, 4) is 0 Å². The van der Waals surface area contributed by atoms with Gasteiger partial charge in [0.25, 0.3) is 0 Å². The molecule has 0 bridgehead atoms. The van der Waals surface area contributed by atoms with Crippen LogP contribution in [-0.2, 0) is 18.3 Å². The third-order valence-electron chi connectivity index (χ3n) is 11.1. The van der Waals surface area contributed by atoms with Crippen LogP contribution in [0.1, 0.15) is 239 Å². The van der Waals surface area contributed by atoms with Gasteiger partial charge in [-0.2, -0.15) is 0 Å². The molecule has 0 amide bonds. The van der Waals surface area contributed by atoms with Crippen molar-refractivity contribution < 1.29 is 32.8 Å². The Bertz CT molecular complexity index is 865. The highest BCUT2D eigenvalue weighted by atomic mass is 31.2. The van der Waals surface area contributed by atoms with Gasteiger partial charge in [0.15, 0.2) is 0 Å². The Morgan fingerprint density at radius 1 is 0.518 bits per heavy atom. The van der Waals surface area contributed by atoms with Crippen LogP contribution in [0.25, 0.3) is 0 Å². The summed E-state index contributed by atoms with van der Waals surface area (Å²) in [5, 5.41) is 9.98. The Morgan fingerprint density at radius 3 is 1.30 bits per heavy atom. The molecular weight excluding hydrogens is 718 g/mol. The number of ether oxygens (including phenoxy) is 1. The quantitative estimate of drug-likeness (QED) is 0.0275. The molecule has 0 radical (unpaired) electrons. The first-order valence-electron chi connectivity index (χ1n) is 24.5. The number of unbranched alkanes of at least 4 members (excludes halogenated alkanes) is 29. The van der Waals surface area contributed by atoms with Gasteiger partial charge in [-0.05, 0) is 57.8 Å². The predicted octanol–water partition coefficient (Wildman–Crippen LogP) is 14.8. The van der Waals surface area contributed by atoms with Crippen LogP contribution in [0, 0.1) is 0 Å². The molecule has 0 heterocycles. The standard InChI is InChI=1S/C48H98NO6P/c1-6-8-10-12-14-16-18-20-22-23-24-26-28-30-32-34-38-42-47(41-37-33-31-29-27-25-21-19-17-15-13-11-9-7-2)53-46-48(45-50)55-56(51,52)54-44-40-36-35-39-43-49(3,4)5/h21,25,47-48,50H,6-20,22-24,26-46H2,1-5H3/p+1/b25-21-/t47?,48-/m0/s1. The fourth-order valence-corrected chi connectivity index (χ4v) is 8.40. The second kappa shape index (κ2) is 41.5. The van der Waals surface area contributed by atoms with E-state index < -0.39 is 13.9 Å². The zero-order valence-corrected chi connectivity index (χ0v) is 39.2. The molecule has 2 N–H and O–H groups in total. The monoisotopic (exact) mass is 817 g/mol. The van der Waals surface area contributed by atoms with Gasteiger partial charge in [-0.25, -0.2) is 4.57 Å². The van der Waals surface area contributed by atoms with E-state index in [4.69, 9.17) is 13.8 Å². The highest BCUT2D eigenvalue weighted by molar-refractivity contribution is 7.47. The van der Waals surface area contributed by atoms with Crippen molar-refractivity contribution in [1.82, 2.24) is 0 Å². The van der Waals surface area contributed by atoms with Gasteiger partial charge >= 0.3 is 7.82 Å². The summed E-state index contributed by atoms with van der Waals surface area (Å²) in [7, 11) is 2.30. The maximum absolute atomic E-state index is 12.7. The van der Waals surface area contributed by atoms with E-state index in [9.17, 15) is 14.6 Å². The minimum atomic E-state index is -4.26. The van der Waals surface area contributed by atoms with Crippen molar-refractivity contribution in [3.05, 3.63) is 12.2 Å². The van der Waals surface area contributed by atoms with E-state index in [1.165, 1.54) is 173 Å². The number of quaternary nitrogens is 1. The van der Waals surface area contributed by atoms with Crippen molar-refractivity contribution in [2.45, 2.75) is 251 Å². The predicted molar refractivity (Wildman–Crippen MR) is 242 cm³/mol. The van der Waals surface area contributed by atoms with E-state index in [0.717, 1.165) is 56.0 Å². The second-order valence-corrected chi connectivity index (χ2v) is 19.5. The van der Waals surface area contributed by atoms with Gasteiger partial charge in [0.2, 0.25) is 0 Å². The molecule has 0 spiro atoms. The van der Waals surface area contributed by atoms with Crippen LogP contribution in [0.5, 0.6) is 0 Å². The maximum Gasteiger partial charge on any atom is 0.472 e. The molecular formula is C48H99NO6P+. The number of aliphatic hydroxyl groups excluding tert-OH is 1. The molecule has 8 heteroatoms. The Kier molecular flexibility index (Phi) is 41.3. The van der Waals surface area contributed by atoms with Crippen molar-refractivity contribution in [1.29, 1.82) is 0 Å². The summed E-state index contributed by atoms with van der Waals surface area (Å²) in [6.45, 7) is 5.57. The molecule has 3 atom stereocenters.